The van der Waals surface area contributed by atoms with Gasteiger partial charge in [0.05, 0.1) is 0 Å². The van der Waals surface area contributed by atoms with Gasteiger partial charge in [0.1, 0.15) is 6.04 Å². The lowest BCUT2D eigenvalue weighted by Gasteiger charge is -2.24. The molecule has 1 aliphatic heterocycles. The van der Waals surface area contributed by atoms with Crippen molar-refractivity contribution in [2.75, 3.05) is 12.3 Å². The standard InChI is InChI=1S/C22H24N2O2S/c1-15-8-10-18(11-9-15)14-27-13-12-23-21(25)17(3)24-16(2)19-6-4-5-7-20(19)22(24)26/h4-11,17H,2,12-14H2,1,3H3,(H,23,25)/t17-/m1/s1. The Hall–Kier alpha value is -2.53. The fourth-order valence-electron chi connectivity index (χ4n) is 3.10. The molecule has 0 saturated carbocycles. The molecule has 140 valence electrons. The van der Waals surface area contributed by atoms with Gasteiger partial charge in [-0.25, -0.2) is 0 Å². The molecule has 1 N–H and O–H groups in total. The highest BCUT2D eigenvalue weighted by molar-refractivity contribution is 7.98. The van der Waals surface area contributed by atoms with E-state index in [1.54, 1.807) is 24.8 Å². The molecule has 4 nitrogen and oxygen atoms in total. The lowest BCUT2D eigenvalue weighted by atomic mass is 10.1. The molecule has 0 radical (unpaired) electrons. The molecule has 1 aliphatic rings. The minimum Gasteiger partial charge on any atom is -0.353 e. The molecule has 0 aromatic heterocycles. The molecule has 0 saturated heterocycles. The van der Waals surface area contributed by atoms with Crippen molar-refractivity contribution in [2.24, 2.45) is 0 Å². The molecule has 1 heterocycles. The first kappa shape index (κ1) is 19.2. The first-order valence-corrected chi connectivity index (χ1v) is 10.2. The summed E-state index contributed by atoms with van der Waals surface area (Å²) in [7, 11) is 0. The van der Waals surface area contributed by atoms with E-state index >= 15 is 0 Å². The molecule has 0 fully saturated rings. The zero-order chi connectivity index (χ0) is 19.4. The third kappa shape index (κ3) is 4.25. The smallest absolute Gasteiger partial charge is 0.259 e. The van der Waals surface area contributed by atoms with Crippen molar-refractivity contribution in [1.82, 2.24) is 10.2 Å². The van der Waals surface area contributed by atoms with Gasteiger partial charge < -0.3 is 5.32 Å². The van der Waals surface area contributed by atoms with Gasteiger partial charge in [0.25, 0.3) is 5.91 Å². The molecule has 0 bridgehead atoms. The van der Waals surface area contributed by atoms with Gasteiger partial charge in [-0.3, -0.25) is 14.5 Å². The van der Waals surface area contributed by atoms with E-state index in [9.17, 15) is 9.59 Å². The Labute approximate surface area is 164 Å². The van der Waals surface area contributed by atoms with E-state index in [0.717, 1.165) is 17.1 Å². The van der Waals surface area contributed by atoms with Crippen molar-refractivity contribution in [3.05, 3.63) is 77.4 Å². The molecule has 2 aromatic rings. The molecular weight excluding hydrogens is 356 g/mol. The third-order valence-corrected chi connectivity index (χ3v) is 5.71. The quantitative estimate of drug-likeness (QED) is 0.742. The van der Waals surface area contributed by atoms with Gasteiger partial charge in [-0.15, -0.1) is 0 Å². The topological polar surface area (TPSA) is 49.4 Å². The van der Waals surface area contributed by atoms with Crippen LogP contribution in [0.5, 0.6) is 0 Å². The molecule has 0 unspecified atom stereocenters. The number of fused-ring (bicyclic) bond motifs is 1. The van der Waals surface area contributed by atoms with E-state index in [-0.39, 0.29) is 11.8 Å². The maximum absolute atomic E-state index is 12.6. The minimum atomic E-state index is -0.584. The first-order valence-electron chi connectivity index (χ1n) is 9.02. The molecule has 5 heteroatoms. The summed E-state index contributed by atoms with van der Waals surface area (Å²) in [6, 6.07) is 15.2. The highest BCUT2D eigenvalue weighted by atomic mass is 32.2. The summed E-state index contributed by atoms with van der Waals surface area (Å²) in [4.78, 5) is 26.6. The minimum absolute atomic E-state index is 0.159. The number of amides is 2. The molecule has 27 heavy (non-hydrogen) atoms. The number of hydrogen-bond acceptors (Lipinski definition) is 3. The Kier molecular flexibility index (Phi) is 6.01. The number of thioether (sulfide) groups is 1. The van der Waals surface area contributed by atoms with Crippen LogP contribution in [0.1, 0.15) is 34.0 Å². The van der Waals surface area contributed by atoms with Crippen LogP contribution in [0.15, 0.2) is 55.1 Å². The maximum atomic E-state index is 12.6. The molecule has 0 aliphatic carbocycles. The number of nitrogens with one attached hydrogen (secondary N) is 1. The van der Waals surface area contributed by atoms with E-state index in [2.05, 4.69) is 43.1 Å². The van der Waals surface area contributed by atoms with Crippen LogP contribution in [0.25, 0.3) is 5.70 Å². The van der Waals surface area contributed by atoms with E-state index < -0.39 is 6.04 Å². The van der Waals surface area contributed by atoms with Crippen LogP contribution >= 0.6 is 11.8 Å². The number of benzene rings is 2. The van der Waals surface area contributed by atoms with Gasteiger partial charge in [-0.2, -0.15) is 11.8 Å². The second-order valence-corrected chi connectivity index (χ2v) is 7.78. The Balaban J connectivity index is 1.46. The highest BCUT2D eigenvalue weighted by Gasteiger charge is 2.36. The van der Waals surface area contributed by atoms with Crippen molar-refractivity contribution >= 4 is 29.3 Å². The van der Waals surface area contributed by atoms with Gasteiger partial charge in [0.2, 0.25) is 5.91 Å². The zero-order valence-electron chi connectivity index (χ0n) is 15.7. The molecule has 1 atom stereocenters. The highest BCUT2D eigenvalue weighted by Crippen LogP contribution is 2.32. The monoisotopic (exact) mass is 380 g/mol. The van der Waals surface area contributed by atoms with Crippen LogP contribution < -0.4 is 5.32 Å². The Morgan fingerprint density at radius 1 is 1.15 bits per heavy atom. The number of hydrogen-bond donors (Lipinski definition) is 1. The summed E-state index contributed by atoms with van der Waals surface area (Å²) in [5, 5.41) is 2.93. The number of nitrogens with zero attached hydrogens (tertiary/aromatic N) is 1. The van der Waals surface area contributed by atoms with Gasteiger partial charge in [-0.1, -0.05) is 54.6 Å². The van der Waals surface area contributed by atoms with E-state index in [0.29, 0.717) is 17.8 Å². The molecule has 2 aromatic carbocycles. The summed E-state index contributed by atoms with van der Waals surface area (Å²) >= 11 is 1.78. The van der Waals surface area contributed by atoms with Gasteiger partial charge in [-0.05, 0) is 25.5 Å². The van der Waals surface area contributed by atoms with Crippen LogP contribution in [-0.4, -0.2) is 35.1 Å². The lowest BCUT2D eigenvalue weighted by Crippen LogP contribution is -2.45. The van der Waals surface area contributed by atoms with E-state index in [4.69, 9.17) is 0 Å². The number of carbonyl (C=O) groups excluding carboxylic acids is 2. The average Bonchev–Trinajstić information content (AvgIpc) is 2.93. The second kappa shape index (κ2) is 8.44. The van der Waals surface area contributed by atoms with Crippen molar-refractivity contribution in [1.29, 1.82) is 0 Å². The van der Waals surface area contributed by atoms with E-state index in [1.165, 1.54) is 16.0 Å². The van der Waals surface area contributed by atoms with Crippen molar-refractivity contribution in [2.45, 2.75) is 25.6 Å². The maximum Gasteiger partial charge on any atom is 0.259 e. The van der Waals surface area contributed by atoms with E-state index in [1.807, 2.05) is 18.2 Å². The van der Waals surface area contributed by atoms with Crippen LogP contribution in [-0.2, 0) is 10.5 Å². The lowest BCUT2D eigenvalue weighted by molar-refractivity contribution is -0.124. The molecular formula is C22H24N2O2S. The normalized spacial score (nSPS) is 14.2. The molecule has 0 spiro atoms. The van der Waals surface area contributed by atoms with Crippen LogP contribution in [0.3, 0.4) is 0 Å². The fraction of sp³-hybridized carbons (Fsp3) is 0.273. The van der Waals surface area contributed by atoms with Gasteiger partial charge in [0, 0.05) is 34.9 Å². The van der Waals surface area contributed by atoms with Gasteiger partial charge in [0.15, 0.2) is 0 Å². The average molecular weight is 381 g/mol. The second-order valence-electron chi connectivity index (χ2n) is 6.67. The summed E-state index contributed by atoms with van der Waals surface area (Å²) in [5.41, 5.74) is 4.53. The molecule has 3 rings (SSSR count). The summed E-state index contributed by atoms with van der Waals surface area (Å²) in [6.07, 6.45) is 0. The fourth-order valence-corrected chi connectivity index (χ4v) is 3.92. The summed E-state index contributed by atoms with van der Waals surface area (Å²) in [5.74, 6) is 1.42. The van der Waals surface area contributed by atoms with Crippen molar-refractivity contribution in [3.8, 4) is 0 Å². The molecule has 2 amide bonds. The number of carbonyl (C=O) groups is 2. The van der Waals surface area contributed by atoms with Crippen LogP contribution in [0, 0.1) is 6.92 Å². The van der Waals surface area contributed by atoms with Crippen LogP contribution in [0.4, 0.5) is 0 Å². The zero-order valence-corrected chi connectivity index (χ0v) is 16.5. The first-order chi connectivity index (χ1) is 13.0. The van der Waals surface area contributed by atoms with Crippen LogP contribution in [0.2, 0.25) is 0 Å². The van der Waals surface area contributed by atoms with Crippen molar-refractivity contribution in [3.63, 3.8) is 0 Å². The Bertz CT molecular complexity index is 826. The number of rotatable bonds is 7. The van der Waals surface area contributed by atoms with Gasteiger partial charge >= 0.3 is 0 Å². The Morgan fingerprint density at radius 2 is 1.81 bits per heavy atom. The SMILES string of the molecule is C=C1c2ccccc2C(=O)N1[C@H](C)C(=O)NCCSCc1ccc(C)cc1. The largest absolute Gasteiger partial charge is 0.353 e. The third-order valence-electron chi connectivity index (χ3n) is 4.68. The summed E-state index contributed by atoms with van der Waals surface area (Å²) in [6.45, 7) is 8.39. The predicted molar refractivity (Wildman–Crippen MR) is 111 cm³/mol. The number of aryl methyl sites for hydroxylation is 1. The van der Waals surface area contributed by atoms with Crippen molar-refractivity contribution < 1.29 is 9.59 Å². The predicted octanol–water partition coefficient (Wildman–Crippen LogP) is 3.86. The Morgan fingerprint density at radius 3 is 2.48 bits per heavy atom. The summed E-state index contributed by atoms with van der Waals surface area (Å²) < 4.78 is 0.